The van der Waals surface area contributed by atoms with Crippen LogP contribution in [0.5, 0.6) is 0 Å². The fourth-order valence-corrected chi connectivity index (χ4v) is 2.09. The van der Waals surface area contributed by atoms with Gasteiger partial charge >= 0.3 is 0 Å². The second-order valence-corrected chi connectivity index (χ2v) is 4.89. The van der Waals surface area contributed by atoms with Crippen molar-refractivity contribution in [1.82, 2.24) is 15.1 Å². The Morgan fingerprint density at radius 1 is 1.44 bits per heavy atom. The largest absolute Gasteiger partial charge is 0.378 e. The molecule has 0 unspecified atom stereocenters. The number of halogens is 1. The van der Waals surface area contributed by atoms with Gasteiger partial charge in [0.2, 0.25) is 0 Å². The highest BCUT2D eigenvalue weighted by Gasteiger charge is 2.16. The smallest absolute Gasteiger partial charge is 0.264 e. The van der Waals surface area contributed by atoms with Gasteiger partial charge in [0.05, 0.1) is 23.6 Å². The fourth-order valence-electron chi connectivity index (χ4n) is 1.68. The van der Waals surface area contributed by atoms with Gasteiger partial charge in [0.15, 0.2) is 0 Å². The third kappa shape index (κ3) is 2.32. The first-order valence-corrected chi connectivity index (χ1v) is 6.33. The maximum Gasteiger partial charge on any atom is 0.264 e. The minimum Gasteiger partial charge on any atom is -0.378 e. The van der Waals surface area contributed by atoms with Crippen molar-refractivity contribution in [3.63, 3.8) is 0 Å². The van der Waals surface area contributed by atoms with E-state index in [1.54, 1.807) is 21.0 Å². The zero-order valence-electron chi connectivity index (χ0n) is 10.2. The molecule has 2 rings (SSSR count). The van der Waals surface area contributed by atoms with E-state index in [-0.39, 0.29) is 5.56 Å². The van der Waals surface area contributed by atoms with Crippen LogP contribution in [0.25, 0.3) is 11.4 Å². The lowest BCUT2D eigenvalue weighted by molar-refractivity contribution is 0.180. The van der Waals surface area contributed by atoms with Gasteiger partial charge in [0.1, 0.15) is 15.2 Å². The van der Waals surface area contributed by atoms with Gasteiger partial charge in [0, 0.05) is 7.11 Å². The van der Waals surface area contributed by atoms with Crippen LogP contribution in [0.1, 0.15) is 17.1 Å². The molecule has 0 aliphatic carbocycles. The zero-order valence-corrected chi connectivity index (χ0v) is 12.4. The molecule has 0 saturated heterocycles. The Kier molecular flexibility index (Phi) is 3.81. The molecule has 1 N–H and O–H groups in total. The molecule has 0 aliphatic heterocycles. The molecule has 0 spiro atoms. The van der Waals surface area contributed by atoms with E-state index in [9.17, 15) is 4.79 Å². The highest BCUT2D eigenvalue weighted by atomic mass is 127. The summed E-state index contributed by atoms with van der Waals surface area (Å²) < 4.78 is 10.6. The number of hydrogen-bond donors (Lipinski definition) is 1. The Labute approximate surface area is 117 Å². The summed E-state index contributed by atoms with van der Waals surface area (Å²) in [5, 5.41) is 3.85. The predicted molar refractivity (Wildman–Crippen MR) is 73.3 cm³/mol. The van der Waals surface area contributed by atoms with Crippen LogP contribution in [0, 0.1) is 17.4 Å². The molecule has 0 aliphatic rings. The summed E-state index contributed by atoms with van der Waals surface area (Å²) in [7, 11) is 1.56. The number of nitrogens with one attached hydrogen (secondary N) is 1. The quantitative estimate of drug-likeness (QED) is 0.844. The molecule has 0 atom stereocenters. The van der Waals surface area contributed by atoms with Crippen molar-refractivity contribution >= 4 is 22.6 Å². The average molecular weight is 361 g/mol. The van der Waals surface area contributed by atoms with Crippen LogP contribution in [0.2, 0.25) is 0 Å². The topological polar surface area (TPSA) is 81.0 Å². The second kappa shape index (κ2) is 5.19. The van der Waals surface area contributed by atoms with Gasteiger partial charge < -0.3 is 14.2 Å². The minimum absolute atomic E-state index is 0.187. The number of aryl methyl sites for hydroxylation is 2. The lowest BCUT2D eigenvalue weighted by atomic mass is 10.2. The van der Waals surface area contributed by atoms with Gasteiger partial charge in [-0.1, -0.05) is 5.16 Å². The number of ether oxygens (including phenoxy) is 1. The Bertz CT molecular complexity index is 613. The number of aromatic amines is 1. The lowest BCUT2D eigenvalue weighted by Gasteiger charge is -2.05. The summed E-state index contributed by atoms with van der Waals surface area (Å²) in [6.07, 6.45) is 0. The Hall–Kier alpha value is -1.22. The highest BCUT2D eigenvalue weighted by molar-refractivity contribution is 14.1. The first-order chi connectivity index (χ1) is 8.54. The summed E-state index contributed by atoms with van der Waals surface area (Å²) >= 11 is 1.95. The van der Waals surface area contributed by atoms with E-state index < -0.39 is 0 Å². The molecule has 2 aromatic heterocycles. The van der Waals surface area contributed by atoms with Crippen molar-refractivity contribution in [1.29, 1.82) is 0 Å². The van der Waals surface area contributed by atoms with Gasteiger partial charge in [-0.2, -0.15) is 0 Å². The SMILES string of the molecule is COCc1nc(-c2c(C)noc2C)[nH]c(=O)c1I. The van der Waals surface area contributed by atoms with E-state index >= 15 is 0 Å². The number of methoxy groups -OCH3 is 1. The van der Waals surface area contributed by atoms with Gasteiger partial charge in [-0.15, -0.1) is 0 Å². The molecule has 2 heterocycles. The number of rotatable bonds is 3. The van der Waals surface area contributed by atoms with E-state index in [0.717, 1.165) is 5.56 Å². The van der Waals surface area contributed by atoms with E-state index in [4.69, 9.17) is 9.26 Å². The summed E-state index contributed by atoms with van der Waals surface area (Å²) in [6, 6.07) is 0. The molecule has 0 aromatic carbocycles. The van der Waals surface area contributed by atoms with Crippen LogP contribution in [-0.2, 0) is 11.3 Å². The molecule has 2 aromatic rings. The minimum atomic E-state index is -0.187. The molecular formula is C11H12IN3O3. The lowest BCUT2D eigenvalue weighted by Crippen LogP contribution is -2.17. The monoisotopic (exact) mass is 361 g/mol. The summed E-state index contributed by atoms with van der Waals surface area (Å²) in [4.78, 5) is 19.0. The van der Waals surface area contributed by atoms with Crippen molar-refractivity contribution in [3.05, 3.63) is 31.1 Å². The van der Waals surface area contributed by atoms with Crippen LogP contribution in [0.15, 0.2) is 9.32 Å². The maximum absolute atomic E-state index is 11.8. The number of hydrogen-bond acceptors (Lipinski definition) is 5. The van der Waals surface area contributed by atoms with Crippen molar-refractivity contribution < 1.29 is 9.26 Å². The summed E-state index contributed by atoms with van der Waals surface area (Å²) in [5.41, 5.74) is 1.84. The van der Waals surface area contributed by atoms with E-state index in [1.807, 2.05) is 22.6 Å². The Morgan fingerprint density at radius 3 is 2.72 bits per heavy atom. The van der Waals surface area contributed by atoms with E-state index in [1.165, 1.54) is 0 Å². The van der Waals surface area contributed by atoms with Crippen LogP contribution in [0.3, 0.4) is 0 Å². The number of aromatic nitrogens is 3. The first kappa shape index (κ1) is 13.2. The third-order valence-electron chi connectivity index (χ3n) is 2.48. The molecule has 96 valence electrons. The van der Waals surface area contributed by atoms with Crippen LogP contribution >= 0.6 is 22.6 Å². The van der Waals surface area contributed by atoms with Gasteiger partial charge in [0.25, 0.3) is 5.56 Å². The number of H-pyrrole nitrogens is 1. The van der Waals surface area contributed by atoms with Gasteiger partial charge in [-0.05, 0) is 36.4 Å². The van der Waals surface area contributed by atoms with Gasteiger partial charge in [-0.3, -0.25) is 4.79 Å². The third-order valence-corrected chi connectivity index (χ3v) is 3.60. The maximum atomic E-state index is 11.8. The molecule has 0 amide bonds. The summed E-state index contributed by atoms with van der Waals surface area (Å²) in [6.45, 7) is 3.88. The molecule has 7 heteroatoms. The fraction of sp³-hybridized carbons (Fsp3) is 0.364. The number of nitrogens with zero attached hydrogens (tertiary/aromatic N) is 2. The van der Waals surface area contributed by atoms with Crippen molar-refractivity contribution in [2.75, 3.05) is 7.11 Å². The molecule has 18 heavy (non-hydrogen) atoms. The van der Waals surface area contributed by atoms with E-state index in [0.29, 0.717) is 33.1 Å². The average Bonchev–Trinajstić information content (AvgIpc) is 2.65. The van der Waals surface area contributed by atoms with E-state index in [2.05, 4.69) is 15.1 Å². The Morgan fingerprint density at radius 2 is 2.17 bits per heavy atom. The molecule has 0 fully saturated rings. The van der Waals surface area contributed by atoms with Crippen LogP contribution < -0.4 is 5.56 Å². The second-order valence-electron chi connectivity index (χ2n) is 3.81. The predicted octanol–water partition coefficient (Wildman–Crippen LogP) is 1.79. The molecular weight excluding hydrogens is 349 g/mol. The standard InChI is InChI=1S/C11H12IN3O3/c1-5-8(6(2)18-15-5)10-13-7(4-17-3)9(12)11(16)14-10/h4H2,1-3H3,(H,13,14,16). The summed E-state index contributed by atoms with van der Waals surface area (Å²) in [5.74, 6) is 1.09. The zero-order chi connectivity index (χ0) is 13.3. The van der Waals surface area contributed by atoms with Crippen molar-refractivity contribution in [3.8, 4) is 11.4 Å². The first-order valence-electron chi connectivity index (χ1n) is 5.25. The Balaban J connectivity index is 2.63. The molecule has 0 radical (unpaired) electrons. The van der Waals surface area contributed by atoms with Crippen molar-refractivity contribution in [2.45, 2.75) is 20.5 Å². The van der Waals surface area contributed by atoms with Crippen molar-refractivity contribution in [2.24, 2.45) is 0 Å². The molecule has 0 bridgehead atoms. The molecule has 6 nitrogen and oxygen atoms in total. The normalized spacial score (nSPS) is 10.9. The van der Waals surface area contributed by atoms with Crippen LogP contribution in [-0.4, -0.2) is 22.2 Å². The van der Waals surface area contributed by atoms with Crippen LogP contribution in [0.4, 0.5) is 0 Å². The highest BCUT2D eigenvalue weighted by Crippen LogP contribution is 2.23. The van der Waals surface area contributed by atoms with Gasteiger partial charge in [-0.25, -0.2) is 4.98 Å². The molecule has 0 saturated carbocycles.